The van der Waals surface area contributed by atoms with Gasteiger partial charge in [0, 0.05) is 17.6 Å². The van der Waals surface area contributed by atoms with Crippen molar-refractivity contribution in [2.75, 3.05) is 20.3 Å². The van der Waals surface area contributed by atoms with Gasteiger partial charge in [-0.1, -0.05) is 48.8 Å². The molecule has 0 aliphatic carbocycles. The van der Waals surface area contributed by atoms with Crippen molar-refractivity contribution in [1.29, 1.82) is 0 Å². The number of halogens is 1. The normalized spacial score (nSPS) is 11.7. The van der Waals surface area contributed by atoms with E-state index in [1.165, 1.54) is 0 Å². The van der Waals surface area contributed by atoms with Crippen LogP contribution in [0.15, 0.2) is 53.0 Å². The molecule has 2 aromatic rings. The Hall–Kier alpha value is -2.54. The summed E-state index contributed by atoms with van der Waals surface area (Å²) >= 11 is 3.38. The van der Waals surface area contributed by atoms with Gasteiger partial charge in [0.25, 0.3) is 5.91 Å². The first kappa shape index (κ1) is 24.7. The van der Waals surface area contributed by atoms with Gasteiger partial charge in [0.15, 0.2) is 6.61 Å². The summed E-state index contributed by atoms with van der Waals surface area (Å²) in [6.07, 6.45) is 0.504. The molecule has 0 spiro atoms. The average Bonchev–Trinajstić information content (AvgIpc) is 2.77. The lowest BCUT2D eigenvalue weighted by atomic mass is 10.1. The molecule has 0 unspecified atom stereocenters. The number of hydrogen-bond donors (Lipinski definition) is 1. The van der Waals surface area contributed by atoms with Crippen LogP contribution in [-0.2, 0) is 16.1 Å². The minimum absolute atomic E-state index is 0.147. The predicted octanol–water partition coefficient (Wildman–Crippen LogP) is 4.42. The van der Waals surface area contributed by atoms with E-state index in [9.17, 15) is 9.59 Å². The molecule has 1 N–H and O–H groups in total. The van der Waals surface area contributed by atoms with E-state index in [4.69, 9.17) is 9.47 Å². The lowest BCUT2D eigenvalue weighted by molar-refractivity contribution is -0.143. The first-order valence-corrected chi connectivity index (χ1v) is 11.2. The van der Waals surface area contributed by atoms with Crippen LogP contribution in [0.3, 0.4) is 0 Å². The Bertz CT molecular complexity index is 838. The van der Waals surface area contributed by atoms with Crippen molar-refractivity contribution in [3.05, 3.63) is 58.6 Å². The number of hydrogen-bond acceptors (Lipinski definition) is 4. The van der Waals surface area contributed by atoms with E-state index in [0.29, 0.717) is 31.2 Å². The predicted molar refractivity (Wildman–Crippen MR) is 125 cm³/mol. The second-order valence-electron chi connectivity index (χ2n) is 7.68. The number of carbonyl (C=O) groups excluding carboxylic acids is 2. The van der Waals surface area contributed by atoms with Crippen molar-refractivity contribution in [2.24, 2.45) is 5.92 Å². The van der Waals surface area contributed by atoms with Crippen molar-refractivity contribution >= 4 is 27.7 Å². The van der Waals surface area contributed by atoms with Crippen molar-refractivity contribution < 1.29 is 19.1 Å². The first-order chi connectivity index (χ1) is 14.8. The Labute approximate surface area is 193 Å². The van der Waals surface area contributed by atoms with E-state index in [2.05, 4.69) is 21.2 Å². The molecule has 31 heavy (non-hydrogen) atoms. The van der Waals surface area contributed by atoms with Crippen LogP contribution in [0.5, 0.6) is 11.5 Å². The summed E-state index contributed by atoms with van der Waals surface area (Å²) in [5.41, 5.74) is 0.910. The minimum atomic E-state index is -0.582. The molecule has 0 heterocycles. The molecule has 2 aromatic carbocycles. The maximum absolute atomic E-state index is 13.1. The zero-order valence-corrected chi connectivity index (χ0v) is 20.1. The topological polar surface area (TPSA) is 67.9 Å². The highest BCUT2D eigenvalue weighted by Gasteiger charge is 2.29. The van der Waals surface area contributed by atoms with Gasteiger partial charge in [0.1, 0.15) is 17.5 Å². The van der Waals surface area contributed by atoms with Crippen LogP contribution < -0.4 is 14.8 Å². The number of amides is 2. The monoisotopic (exact) mass is 490 g/mol. The zero-order valence-electron chi connectivity index (χ0n) is 18.6. The van der Waals surface area contributed by atoms with Crippen LogP contribution in [0.1, 0.15) is 32.8 Å². The van der Waals surface area contributed by atoms with Gasteiger partial charge < -0.3 is 19.7 Å². The highest BCUT2D eigenvalue weighted by Crippen LogP contribution is 2.18. The van der Waals surface area contributed by atoms with Crippen LogP contribution in [0.25, 0.3) is 0 Å². The average molecular weight is 491 g/mol. The Kier molecular flexibility index (Phi) is 9.85. The third-order valence-corrected chi connectivity index (χ3v) is 5.29. The third kappa shape index (κ3) is 7.90. The van der Waals surface area contributed by atoms with E-state index in [1.54, 1.807) is 24.1 Å². The fourth-order valence-electron chi connectivity index (χ4n) is 3.03. The molecule has 0 aromatic heterocycles. The molecule has 6 nitrogen and oxygen atoms in total. The van der Waals surface area contributed by atoms with Crippen LogP contribution in [-0.4, -0.2) is 43.0 Å². The number of methoxy groups -OCH3 is 1. The second kappa shape index (κ2) is 12.3. The molecule has 0 aliphatic heterocycles. The summed E-state index contributed by atoms with van der Waals surface area (Å²) < 4.78 is 11.8. The molecule has 2 rings (SSSR count). The molecule has 7 heteroatoms. The number of nitrogens with one attached hydrogen (secondary N) is 1. The number of nitrogens with zero attached hydrogens (tertiary/aromatic N) is 1. The van der Waals surface area contributed by atoms with E-state index < -0.39 is 6.04 Å². The lowest BCUT2D eigenvalue weighted by Gasteiger charge is -2.31. The zero-order chi connectivity index (χ0) is 22.8. The SMILES string of the molecule is CC[C@H](C(=O)NCC(C)C)N(Cc1ccc(OC)cc1)C(=O)COc1ccc(Br)cc1. The summed E-state index contributed by atoms with van der Waals surface area (Å²) in [5, 5.41) is 2.95. The van der Waals surface area contributed by atoms with Crippen molar-refractivity contribution in [1.82, 2.24) is 10.2 Å². The standard InChI is InChI=1S/C24H31BrN2O4/c1-5-22(24(29)26-14-17(2)3)27(15-18-6-10-20(30-4)11-7-18)23(28)16-31-21-12-8-19(25)9-13-21/h6-13,17,22H,5,14-16H2,1-4H3,(H,26,29)/t22-/m1/s1. The van der Waals surface area contributed by atoms with E-state index in [1.807, 2.05) is 57.2 Å². The molecule has 0 bridgehead atoms. The molecular formula is C24H31BrN2O4. The fourth-order valence-corrected chi connectivity index (χ4v) is 3.29. The third-order valence-electron chi connectivity index (χ3n) is 4.76. The largest absolute Gasteiger partial charge is 0.497 e. The second-order valence-corrected chi connectivity index (χ2v) is 8.59. The van der Waals surface area contributed by atoms with Crippen molar-refractivity contribution in [3.63, 3.8) is 0 Å². The number of carbonyl (C=O) groups is 2. The fraction of sp³-hybridized carbons (Fsp3) is 0.417. The number of rotatable bonds is 11. The Morgan fingerprint density at radius 2 is 1.65 bits per heavy atom. The van der Waals surface area contributed by atoms with Gasteiger partial charge in [-0.05, 0) is 54.3 Å². The summed E-state index contributed by atoms with van der Waals surface area (Å²) in [6.45, 7) is 6.70. The highest BCUT2D eigenvalue weighted by molar-refractivity contribution is 9.10. The molecule has 168 valence electrons. The quantitative estimate of drug-likeness (QED) is 0.506. The van der Waals surface area contributed by atoms with Gasteiger partial charge in [-0.15, -0.1) is 0 Å². The van der Waals surface area contributed by atoms with E-state index in [-0.39, 0.29) is 18.4 Å². The van der Waals surface area contributed by atoms with Crippen LogP contribution in [0, 0.1) is 5.92 Å². The Morgan fingerprint density at radius 1 is 1.03 bits per heavy atom. The number of benzene rings is 2. The molecule has 0 saturated carbocycles. The minimum Gasteiger partial charge on any atom is -0.497 e. The summed E-state index contributed by atoms with van der Waals surface area (Å²) in [7, 11) is 1.61. The smallest absolute Gasteiger partial charge is 0.261 e. The van der Waals surface area contributed by atoms with Gasteiger partial charge in [-0.25, -0.2) is 0 Å². The molecule has 0 fully saturated rings. The first-order valence-electron chi connectivity index (χ1n) is 10.4. The van der Waals surface area contributed by atoms with E-state index in [0.717, 1.165) is 15.8 Å². The van der Waals surface area contributed by atoms with Gasteiger partial charge in [-0.2, -0.15) is 0 Å². The number of ether oxygens (including phenoxy) is 2. The van der Waals surface area contributed by atoms with Gasteiger partial charge >= 0.3 is 0 Å². The van der Waals surface area contributed by atoms with Gasteiger partial charge in [-0.3, -0.25) is 9.59 Å². The molecule has 1 atom stereocenters. The van der Waals surface area contributed by atoms with Crippen molar-refractivity contribution in [2.45, 2.75) is 39.8 Å². The van der Waals surface area contributed by atoms with Crippen molar-refractivity contribution in [3.8, 4) is 11.5 Å². The summed E-state index contributed by atoms with van der Waals surface area (Å²) in [4.78, 5) is 27.6. The maximum Gasteiger partial charge on any atom is 0.261 e. The van der Waals surface area contributed by atoms with Crippen LogP contribution in [0.2, 0.25) is 0 Å². The van der Waals surface area contributed by atoms with Crippen LogP contribution in [0.4, 0.5) is 0 Å². The molecule has 0 aliphatic rings. The Balaban J connectivity index is 2.18. The van der Waals surface area contributed by atoms with Crippen LogP contribution >= 0.6 is 15.9 Å². The maximum atomic E-state index is 13.1. The lowest BCUT2D eigenvalue weighted by Crippen LogP contribution is -2.50. The van der Waals surface area contributed by atoms with E-state index >= 15 is 0 Å². The van der Waals surface area contributed by atoms with Gasteiger partial charge in [0.05, 0.1) is 7.11 Å². The molecule has 0 saturated heterocycles. The summed E-state index contributed by atoms with van der Waals surface area (Å²) in [6, 6.07) is 14.2. The highest BCUT2D eigenvalue weighted by atomic mass is 79.9. The molecule has 2 amide bonds. The summed E-state index contributed by atoms with van der Waals surface area (Å²) in [5.74, 6) is 1.26. The van der Waals surface area contributed by atoms with Gasteiger partial charge in [0.2, 0.25) is 5.91 Å². The Morgan fingerprint density at radius 3 is 2.19 bits per heavy atom. The molecule has 0 radical (unpaired) electrons. The molecular weight excluding hydrogens is 460 g/mol.